The van der Waals surface area contributed by atoms with Crippen LogP contribution in [0.2, 0.25) is 0 Å². The molecule has 5 aromatic rings. The topological polar surface area (TPSA) is 80.9 Å². The van der Waals surface area contributed by atoms with Gasteiger partial charge in [-0.15, -0.1) is 0 Å². The molecule has 0 aliphatic heterocycles. The highest BCUT2D eigenvalue weighted by Crippen LogP contribution is 2.47. The first-order chi connectivity index (χ1) is 24.6. The van der Waals surface area contributed by atoms with Crippen LogP contribution in [0.5, 0.6) is 23.0 Å². The van der Waals surface area contributed by atoms with Crippen molar-refractivity contribution in [3.8, 4) is 45.3 Å². The minimum absolute atomic E-state index is 0.0693. The van der Waals surface area contributed by atoms with E-state index in [1.54, 1.807) is 0 Å². The molecule has 0 heterocycles. The fourth-order valence-corrected chi connectivity index (χ4v) is 7.71. The van der Waals surface area contributed by atoms with E-state index in [1.165, 1.54) is 0 Å². The maximum Gasteiger partial charge on any atom is 0.122 e. The summed E-state index contributed by atoms with van der Waals surface area (Å²) in [7, 11) is 0. The van der Waals surface area contributed by atoms with Crippen molar-refractivity contribution >= 4 is 0 Å². The number of aromatic hydroxyl groups is 4. The maximum absolute atomic E-state index is 11.9. The molecule has 5 rings (SSSR count). The fourth-order valence-electron chi connectivity index (χ4n) is 7.71. The largest absolute Gasteiger partial charge is 0.507 e. The van der Waals surface area contributed by atoms with Crippen LogP contribution in [0.4, 0.5) is 0 Å². The van der Waals surface area contributed by atoms with Gasteiger partial charge in [0.05, 0.1) is 0 Å². The Bertz CT molecular complexity index is 2070. The van der Waals surface area contributed by atoms with Crippen molar-refractivity contribution in [2.75, 3.05) is 0 Å². The number of hydrogen-bond donors (Lipinski definition) is 4. The molecule has 0 spiro atoms. The molecule has 5 aromatic carbocycles. The normalized spacial score (nSPS) is 12.7. The van der Waals surface area contributed by atoms with Gasteiger partial charge in [0.1, 0.15) is 23.0 Å². The first kappa shape index (κ1) is 38.5. The Hall–Kier alpha value is -4.70. The average molecular weight is 699 g/mol. The van der Waals surface area contributed by atoms with Gasteiger partial charge in [-0.3, -0.25) is 0 Å². The van der Waals surface area contributed by atoms with E-state index < -0.39 is 5.92 Å². The van der Waals surface area contributed by atoms with Gasteiger partial charge in [-0.2, -0.15) is 0 Å². The van der Waals surface area contributed by atoms with Gasteiger partial charge in [0.25, 0.3) is 0 Å². The Morgan fingerprint density at radius 2 is 0.923 bits per heavy atom. The van der Waals surface area contributed by atoms with Crippen LogP contribution >= 0.6 is 0 Å². The van der Waals surface area contributed by atoms with Crippen molar-refractivity contribution in [2.45, 2.75) is 113 Å². The monoisotopic (exact) mass is 698 g/mol. The van der Waals surface area contributed by atoms with Gasteiger partial charge in [0.15, 0.2) is 0 Å². The summed E-state index contributed by atoms with van der Waals surface area (Å²) in [6, 6.07) is 26.4. The van der Waals surface area contributed by atoms with Gasteiger partial charge in [-0.05, 0) is 162 Å². The van der Waals surface area contributed by atoms with Crippen molar-refractivity contribution in [1.29, 1.82) is 0 Å². The van der Waals surface area contributed by atoms with Crippen molar-refractivity contribution in [2.24, 2.45) is 5.41 Å². The molecule has 0 radical (unpaired) electrons. The second-order valence-corrected chi connectivity index (χ2v) is 15.8. The Morgan fingerprint density at radius 1 is 0.500 bits per heavy atom. The van der Waals surface area contributed by atoms with Gasteiger partial charge in [0.2, 0.25) is 0 Å². The Labute approximate surface area is 311 Å². The molecule has 0 aromatic heterocycles. The van der Waals surface area contributed by atoms with E-state index in [9.17, 15) is 20.4 Å². The summed E-state index contributed by atoms with van der Waals surface area (Å²) in [6.07, 6.45) is 4.58. The lowest BCUT2D eigenvalue weighted by Gasteiger charge is -2.30. The minimum atomic E-state index is -0.492. The number of aryl methyl sites for hydroxylation is 4. The van der Waals surface area contributed by atoms with Crippen molar-refractivity contribution in [3.05, 3.63) is 129 Å². The first-order valence-corrected chi connectivity index (χ1v) is 19.0. The third-order valence-corrected chi connectivity index (χ3v) is 12.3. The molecule has 0 aliphatic rings. The van der Waals surface area contributed by atoms with Gasteiger partial charge >= 0.3 is 0 Å². The highest BCUT2D eigenvalue weighted by molar-refractivity contribution is 5.75. The average Bonchev–Trinajstić information content (AvgIpc) is 3.14. The third kappa shape index (κ3) is 7.31. The van der Waals surface area contributed by atoms with Crippen LogP contribution in [0.3, 0.4) is 0 Å². The predicted octanol–water partition coefficient (Wildman–Crippen LogP) is 12.7. The fraction of sp³-hybridized carbons (Fsp3) is 0.375. The summed E-state index contributed by atoms with van der Waals surface area (Å²) in [5.41, 5.74) is 11.0. The van der Waals surface area contributed by atoms with E-state index in [0.717, 1.165) is 93.3 Å². The molecule has 4 N–H and O–H groups in total. The van der Waals surface area contributed by atoms with Crippen molar-refractivity contribution in [1.82, 2.24) is 0 Å². The number of phenolic OH excluding ortho intramolecular Hbond substituents is 4. The quantitative estimate of drug-likeness (QED) is 0.0978. The smallest absolute Gasteiger partial charge is 0.122 e. The summed E-state index contributed by atoms with van der Waals surface area (Å²) in [5.74, 6) is 0.562. The van der Waals surface area contributed by atoms with E-state index in [2.05, 4.69) is 53.7 Å². The van der Waals surface area contributed by atoms with Gasteiger partial charge in [0, 0.05) is 22.6 Å². The molecule has 52 heavy (non-hydrogen) atoms. The second-order valence-electron chi connectivity index (χ2n) is 15.8. The third-order valence-electron chi connectivity index (χ3n) is 12.3. The lowest BCUT2D eigenvalue weighted by Crippen LogP contribution is -2.20. The molecule has 274 valence electrons. The molecule has 0 bridgehead atoms. The summed E-state index contributed by atoms with van der Waals surface area (Å²) in [4.78, 5) is 0. The van der Waals surface area contributed by atoms with Gasteiger partial charge < -0.3 is 20.4 Å². The highest BCUT2D eigenvalue weighted by Gasteiger charge is 2.30. The molecule has 1 unspecified atom stereocenters. The lowest BCUT2D eigenvalue weighted by atomic mass is 9.75. The molecule has 0 saturated heterocycles. The SMILES string of the molecule is CCC(C)(CC)Cc1cc(-c2cc(C)c(O)c(C(c3ccccc3)c3cc(-c4cc(C)c(O)c(C(C)(CC)CC)c4)cc(C)c3O)c2)cc(C)c1O. The highest BCUT2D eigenvalue weighted by atomic mass is 16.3. The van der Waals surface area contributed by atoms with E-state index in [1.807, 2.05) is 94.4 Å². The van der Waals surface area contributed by atoms with Crippen LogP contribution in [0, 0.1) is 33.1 Å². The van der Waals surface area contributed by atoms with E-state index in [-0.39, 0.29) is 22.3 Å². The van der Waals surface area contributed by atoms with Crippen LogP contribution in [0.25, 0.3) is 22.3 Å². The molecule has 1 atom stereocenters. The van der Waals surface area contributed by atoms with E-state index in [4.69, 9.17) is 0 Å². The van der Waals surface area contributed by atoms with Crippen LogP contribution in [-0.2, 0) is 11.8 Å². The Morgan fingerprint density at radius 3 is 1.38 bits per heavy atom. The molecule has 0 saturated carbocycles. The van der Waals surface area contributed by atoms with Crippen molar-refractivity contribution in [3.63, 3.8) is 0 Å². The van der Waals surface area contributed by atoms with Crippen LogP contribution in [0.15, 0.2) is 78.9 Å². The summed E-state index contributed by atoms with van der Waals surface area (Å²) >= 11 is 0. The number of hydrogen-bond acceptors (Lipinski definition) is 4. The van der Waals surface area contributed by atoms with Crippen LogP contribution in [-0.4, -0.2) is 20.4 Å². The molecule has 4 heteroatoms. The molecular weight excluding hydrogens is 641 g/mol. The molecule has 0 fully saturated rings. The van der Waals surface area contributed by atoms with Crippen LogP contribution < -0.4 is 0 Å². The number of rotatable bonds is 12. The van der Waals surface area contributed by atoms with Crippen LogP contribution in [0.1, 0.15) is 123 Å². The summed E-state index contributed by atoms with van der Waals surface area (Å²) in [5, 5.41) is 46.2. The second kappa shape index (κ2) is 15.1. The van der Waals surface area contributed by atoms with Gasteiger partial charge in [-0.1, -0.05) is 84.7 Å². The summed E-state index contributed by atoms with van der Waals surface area (Å²) in [6.45, 7) is 20.9. The zero-order chi connectivity index (χ0) is 38.1. The zero-order valence-corrected chi connectivity index (χ0v) is 32.9. The predicted molar refractivity (Wildman–Crippen MR) is 217 cm³/mol. The standard InChI is InChI=1S/C48H58O4/c1-11-47(9,12-2)28-38-24-34(20-29(5)43(38)49)35-21-30(6)44(50)39(25-35)42(33-18-16-15-17-19-33)40-26-36(22-31(7)45(40)51)37-23-32(8)46(52)41(27-37)48(10,13-3)14-4/h15-27,42,49-52H,11-14,28H2,1-10H3. The summed E-state index contributed by atoms with van der Waals surface area (Å²) < 4.78 is 0. The number of benzene rings is 5. The molecule has 0 amide bonds. The molecule has 0 aliphatic carbocycles. The molecule has 4 nitrogen and oxygen atoms in total. The minimum Gasteiger partial charge on any atom is -0.507 e. The molecular formula is C48H58O4. The first-order valence-electron chi connectivity index (χ1n) is 19.0. The zero-order valence-electron chi connectivity index (χ0n) is 32.9. The maximum atomic E-state index is 11.9. The van der Waals surface area contributed by atoms with E-state index >= 15 is 0 Å². The van der Waals surface area contributed by atoms with Crippen molar-refractivity contribution < 1.29 is 20.4 Å². The lowest BCUT2D eigenvalue weighted by molar-refractivity contribution is 0.291. The number of phenols is 4. The Balaban J connectivity index is 1.75. The Kier molecular flexibility index (Phi) is 11.2. The van der Waals surface area contributed by atoms with E-state index in [0.29, 0.717) is 22.6 Å². The van der Waals surface area contributed by atoms with Gasteiger partial charge in [-0.25, -0.2) is 0 Å².